The van der Waals surface area contributed by atoms with Gasteiger partial charge in [-0.2, -0.15) is 11.8 Å². The minimum Gasteiger partial charge on any atom is -0.370 e. The van der Waals surface area contributed by atoms with Gasteiger partial charge in [-0.15, -0.1) is 11.8 Å². The van der Waals surface area contributed by atoms with Crippen LogP contribution in [0.3, 0.4) is 0 Å². The zero-order chi connectivity index (χ0) is 12.3. The number of aromatic nitrogens is 2. The molecule has 1 fully saturated rings. The van der Waals surface area contributed by atoms with Gasteiger partial charge in [0.1, 0.15) is 11.6 Å². The van der Waals surface area contributed by atoms with Crippen molar-refractivity contribution in [2.75, 3.05) is 23.4 Å². The van der Waals surface area contributed by atoms with Gasteiger partial charge in [-0.3, -0.25) is 0 Å². The smallest absolute Gasteiger partial charge is 0.145 e. The van der Waals surface area contributed by atoms with Crippen LogP contribution in [0.1, 0.15) is 30.6 Å². The molecule has 2 unspecified atom stereocenters. The van der Waals surface area contributed by atoms with Crippen molar-refractivity contribution >= 4 is 29.3 Å². The predicted octanol–water partition coefficient (Wildman–Crippen LogP) is 3.13. The maximum absolute atomic E-state index is 4.64. The Labute approximate surface area is 112 Å². The summed E-state index contributed by atoms with van der Waals surface area (Å²) in [5, 5.41) is 4.31. The van der Waals surface area contributed by atoms with Crippen molar-refractivity contribution in [2.24, 2.45) is 0 Å². The molecule has 1 N–H and O–H groups in total. The summed E-state index contributed by atoms with van der Waals surface area (Å²) in [6.45, 7) is 7.31. The third kappa shape index (κ3) is 3.28. The Bertz CT molecular complexity index is 384. The Morgan fingerprint density at radius 3 is 2.82 bits per heavy atom. The molecule has 5 heteroatoms. The molecule has 1 saturated heterocycles. The first-order valence-electron chi connectivity index (χ1n) is 6.03. The number of hydrogen-bond acceptors (Lipinski definition) is 5. The zero-order valence-electron chi connectivity index (χ0n) is 10.6. The molecule has 2 atom stereocenters. The molecule has 1 aromatic heterocycles. The topological polar surface area (TPSA) is 37.8 Å². The number of nitrogens with zero attached hydrogens (tertiary/aromatic N) is 2. The number of anilines is 1. The van der Waals surface area contributed by atoms with Gasteiger partial charge in [0.2, 0.25) is 0 Å². The van der Waals surface area contributed by atoms with Crippen LogP contribution in [0.5, 0.6) is 0 Å². The van der Waals surface area contributed by atoms with Crippen molar-refractivity contribution in [1.29, 1.82) is 0 Å². The SMILES string of the molecule is CCNc1cc(C)nc(C2SCCSC2C)n1. The number of rotatable bonds is 3. The first kappa shape index (κ1) is 13.0. The summed E-state index contributed by atoms with van der Waals surface area (Å²) >= 11 is 4.01. The summed E-state index contributed by atoms with van der Waals surface area (Å²) in [5.74, 6) is 4.39. The second-order valence-electron chi connectivity index (χ2n) is 4.15. The van der Waals surface area contributed by atoms with Gasteiger partial charge >= 0.3 is 0 Å². The van der Waals surface area contributed by atoms with Gasteiger partial charge in [0, 0.05) is 35.1 Å². The highest BCUT2D eigenvalue weighted by Gasteiger charge is 2.26. The van der Waals surface area contributed by atoms with E-state index in [1.165, 1.54) is 11.5 Å². The molecular weight excluding hydrogens is 250 g/mol. The summed E-state index contributed by atoms with van der Waals surface area (Å²) in [4.78, 5) is 9.25. The number of hydrogen-bond donors (Lipinski definition) is 1. The average Bonchev–Trinajstić information content (AvgIpc) is 2.29. The molecule has 0 bridgehead atoms. The summed E-state index contributed by atoms with van der Waals surface area (Å²) in [5.41, 5.74) is 1.05. The van der Waals surface area contributed by atoms with Crippen LogP contribution in [0.2, 0.25) is 0 Å². The monoisotopic (exact) mass is 269 g/mol. The molecule has 1 aromatic rings. The zero-order valence-corrected chi connectivity index (χ0v) is 12.2. The quantitative estimate of drug-likeness (QED) is 0.912. The van der Waals surface area contributed by atoms with E-state index in [4.69, 9.17) is 0 Å². The fourth-order valence-electron chi connectivity index (χ4n) is 1.91. The molecule has 0 aromatic carbocycles. The van der Waals surface area contributed by atoms with Crippen LogP contribution in [-0.4, -0.2) is 33.3 Å². The molecule has 0 radical (unpaired) electrons. The Morgan fingerprint density at radius 2 is 2.12 bits per heavy atom. The molecule has 2 rings (SSSR count). The molecule has 3 nitrogen and oxygen atoms in total. The van der Waals surface area contributed by atoms with Gasteiger partial charge in [-0.05, 0) is 13.8 Å². The predicted molar refractivity (Wildman–Crippen MR) is 78.1 cm³/mol. The third-order valence-electron chi connectivity index (χ3n) is 2.67. The summed E-state index contributed by atoms with van der Waals surface area (Å²) < 4.78 is 0. The molecule has 0 amide bonds. The van der Waals surface area contributed by atoms with Crippen LogP contribution >= 0.6 is 23.5 Å². The van der Waals surface area contributed by atoms with Crippen LogP contribution in [0.25, 0.3) is 0 Å². The van der Waals surface area contributed by atoms with Gasteiger partial charge in [0.25, 0.3) is 0 Å². The number of aryl methyl sites for hydroxylation is 1. The van der Waals surface area contributed by atoms with E-state index in [9.17, 15) is 0 Å². The first-order chi connectivity index (χ1) is 8.20. The highest BCUT2D eigenvalue weighted by atomic mass is 32.2. The van der Waals surface area contributed by atoms with Gasteiger partial charge in [0.15, 0.2) is 0 Å². The normalized spacial score (nSPS) is 24.6. The maximum atomic E-state index is 4.64. The second kappa shape index (κ2) is 5.96. The van der Waals surface area contributed by atoms with Crippen molar-refractivity contribution in [2.45, 2.75) is 31.3 Å². The van der Waals surface area contributed by atoms with Crippen LogP contribution in [0.15, 0.2) is 6.07 Å². The van der Waals surface area contributed by atoms with E-state index in [0.29, 0.717) is 10.5 Å². The molecule has 94 valence electrons. The molecule has 0 saturated carbocycles. The molecule has 0 spiro atoms. The van der Waals surface area contributed by atoms with E-state index < -0.39 is 0 Å². The largest absolute Gasteiger partial charge is 0.370 e. The van der Waals surface area contributed by atoms with E-state index >= 15 is 0 Å². The molecule has 17 heavy (non-hydrogen) atoms. The standard InChI is InChI=1S/C12H19N3S2/c1-4-13-10-7-8(2)14-12(15-10)11-9(3)16-5-6-17-11/h7,9,11H,4-6H2,1-3H3,(H,13,14,15). The minimum absolute atomic E-state index is 0.436. The molecular formula is C12H19N3S2. The average molecular weight is 269 g/mol. The lowest BCUT2D eigenvalue weighted by atomic mass is 10.3. The Morgan fingerprint density at radius 1 is 1.35 bits per heavy atom. The second-order valence-corrected chi connectivity index (χ2v) is 6.88. The fraction of sp³-hybridized carbons (Fsp3) is 0.667. The van der Waals surface area contributed by atoms with Gasteiger partial charge < -0.3 is 5.32 Å². The van der Waals surface area contributed by atoms with Gasteiger partial charge in [-0.25, -0.2) is 9.97 Å². The lowest BCUT2D eigenvalue weighted by Crippen LogP contribution is -2.19. The summed E-state index contributed by atoms with van der Waals surface area (Å²) in [6.07, 6.45) is 0. The number of nitrogens with one attached hydrogen (secondary N) is 1. The summed E-state index contributed by atoms with van der Waals surface area (Å²) in [7, 11) is 0. The number of thioether (sulfide) groups is 2. The molecule has 1 aliphatic heterocycles. The Hall–Kier alpha value is -0.420. The highest BCUT2D eigenvalue weighted by Crippen LogP contribution is 2.41. The van der Waals surface area contributed by atoms with Crippen LogP contribution in [0, 0.1) is 6.92 Å². The van der Waals surface area contributed by atoms with E-state index in [-0.39, 0.29) is 0 Å². The third-order valence-corrected chi connectivity index (χ3v) is 5.76. The van der Waals surface area contributed by atoms with Gasteiger partial charge in [0.05, 0.1) is 5.25 Å². The van der Waals surface area contributed by atoms with Crippen LogP contribution < -0.4 is 5.32 Å². The summed E-state index contributed by atoms with van der Waals surface area (Å²) in [6, 6.07) is 2.01. The Kier molecular flexibility index (Phi) is 4.56. The fourth-order valence-corrected chi connectivity index (χ4v) is 4.60. The van der Waals surface area contributed by atoms with Crippen molar-refractivity contribution in [3.05, 3.63) is 17.6 Å². The van der Waals surface area contributed by atoms with Crippen molar-refractivity contribution < 1.29 is 0 Å². The minimum atomic E-state index is 0.436. The van der Waals surface area contributed by atoms with E-state index in [0.717, 1.165) is 23.9 Å². The van der Waals surface area contributed by atoms with Gasteiger partial charge in [-0.1, -0.05) is 6.92 Å². The lowest BCUT2D eigenvalue weighted by Gasteiger charge is -2.27. The van der Waals surface area contributed by atoms with Crippen molar-refractivity contribution in [3.63, 3.8) is 0 Å². The van der Waals surface area contributed by atoms with E-state index in [2.05, 4.69) is 29.1 Å². The lowest BCUT2D eigenvalue weighted by molar-refractivity contribution is 0.815. The molecule has 2 heterocycles. The highest BCUT2D eigenvalue weighted by molar-refractivity contribution is 8.06. The van der Waals surface area contributed by atoms with E-state index in [1.54, 1.807) is 0 Å². The van der Waals surface area contributed by atoms with Crippen molar-refractivity contribution in [1.82, 2.24) is 9.97 Å². The van der Waals surface area contributed by atoms with E-state index in [1.807, 2.05) is 36.5 Å². The van der Waals surface area contributed by atoms with Crippen molar-refractivity contribution in [3.8, 4) is 0 Å². The Balaban J connectivity index is 2.24. The first-order valence-corrected chi connectivity index (χ1v) is 8.13. The molecule has 0 aliphatic carbocycles. The van der Waals surface area contributed by atoms with Crippen LogP contribution in [0.4, 0.5) is 5.82 Å². The maximum Gasteiger partial charge on any atom is 0.145 e. The molecule has 1 aliphatic rings. The van der Waals surface area contributed by atoms with Crippen LogP contribution in [-0.2, 0) is 0 Å².